The van der Waals surface area contributed by atoms with Crippen LogP contribution in [-0.4, -0.2) is 44.4 Å². The van der Waals surface area contributed by atoms with Crippen LogP contribution >= 0.6 is 0 Å². The number of aromatic amines is 1. The van der Waals surface area contributed by atoms with Crippen LogP contribution in [0.25, 0.3) is 6.08 Å². The average molecular weight is 313 g/mol. The Kier molecular flexibility index (Phi) is 5.68. The molecule has 6 heteroatoms. The Labute approximate surface area is 134 Å². The molecule has 1 amide bonds. The van der Waals surface area contributed by atoms with Crippen molar-refractivity contribution in [1.82, 2.24) is 14.9 Å². The minimum atomic E-state index is -1.04. The largest absolute Gasteiger partial charge is 0.480 e. The van der Waals surface area contributed by atoms with Crippen LogP contribution in [0, 0.1) is 0 Å². The number of nitrogens with zero attached hydrogens (tertiary/aromatic N) is 2. The van der Waals surface area contributed by atoms with Gasteiger partial charge in [-0.3, -0.25) is 4.79 Å². The number of carbonyl (C=O) groups is 2. The summed E-state index contributed by atoms with van der Waals surface area (Å²) < 4.78 is 0. The molecule has 6 nitrogen and oxygen atoms in total. The molecule has 0 bridgehead atoms. The van der Waals surface area contributed by atoms with Gasteiger partial charge in [0.25, 0.3) is 0 Å². The smallest absolute Gasteiger partial charge is 0.326 e. The number of H-pyrrole nitrogens is 1. The maximum Gasteiger partial charge on any atom is 0.326 e. The lowest BCUT2D eigenvalue weighted by atomic mass is 10.1. The number of carboxylic acids is 1. The highest BCUT2D eigenvalue weighted by molar-refractivity contribution is 5.94. The van der Waals surface area contributed by atoms with Crippen molar-refractivity contribution in [3.8, 4) is 0 Å². The topological polar surface area (TPSA) is 86.3 Å². The molecule has 1 aromatic carbocycles. The number of carbonyl (C=O) groups excluding carboxylic acids is 1. The molecule has 2 aromatic rings. The third-order valence-corrected chi connectivity index (χ3v) is 3.47. The Morgan fingerprint density at radius 1 is 1.35 bits per heavy atom. The second-order valence-corrected chi connectivity index (χ2v) is 5.00. The van der Waals surface area contributed by atoms with Crippen LogP contribution < -0.4 is 0 Å². The highest BCUT2D eigenvalue weighted by atomic mass is 16.4. The van der Waals surface area contributed by atoms with Crippen molar-refractivity contribution >= 4 is 18.0 Å². The molecule has 0 aliphatic rings. The number of aliphatic carboxylic acids is 1. The van der Waals surface area contributed by atoms with Gasteiger partial charge in [0.1, 0.15) is 6.04 Å². The Balaban J connectivity index is 2.13. The van der Waals surface area contributed by atoms with Gasteiger partial charge in [-0.15, -0.1) is 0 Å². The molecule has 1 atom stereocenters. The standard InChI is InChI=1S/C17H19N3O3/c1-2-20(15(17(22)23)10-14-11-18-12-19-14)16(21)9-8-13-6-4-3-5-7-13/h3-9,11-12,15H,2,10H2,1H3,(H,18,19)(H,22,23)/t15-/m0/s1. The number of benzene rings is 1. The van der Waals surface area contributed by atoms with Crippen LogP contribution in [0.4, 0.5) is 0 Å². The van der Waals surface area contributed by atoms with Gasteiger partial charge in [0.05, 0.1) is 6.33 Å². The number of amides is 1. The Morgan fingerprint density at radius 2 is 2.09 bits per heavy atom. The molecule has 0 fully saturated rings. The zero-order chi connectivity index (χ0) is 16.7. The predicted molar refractivity (Wildman–Crippen MR) is 86.6 cm³/mol. The second-order valence-electron chi connectivity index (χ2n) is 5.00. The fourth-order valence-electron chi connectivity index (χ4n) is 2.29. The summed E-state index contributed by atoms with van der Waals surface area (Å²) in [7, 11) is 0. The zero-order valence-corrected chi connectivity index (χ0v) is 12.8. The van der Waals surface area contributed by atoms with Gasteiger partial charge in [-0.25, -0.2) is 9.78 Å². The minimum absolute atomic E-state index is 0.189. The summed E-state index contributed by atoms with van der Waals surface area (Å²) in [5, 5.41) is 9.46. The maximum atomic E-state index is 12.4. The third-order valence-electron chi connectivity index (χ3n) is 3.47. The predicted octanol–water partition coefficient (Wildman–Crippen LogP) is 1.97. The van der Waals surface area contributed by atoms with Crippen LogP contribution in [0.15, 0.2) is 48.9 Å². The van der Waals surface area contributed by atoms with Crippen LogP contribution in [0.1, 0.15) is 18.2 Å². The van der Waals surface area contributed by atoms with E-state index in [4.69, 9.17) is 0 Å². The molecule has 0 aliphatic carbocycles. The number of aromatic nitrogens is 2. The normalized spacial score (nSPS) is 12.2. The molecule has 120 valence electrons. The molecule has 0 aliphatic heterocycles. The molecule has 1 aromatic heterocycles. The molecule has 0 unspecified atom stereocenters. The van der Waals surface area contributed by atoms with Crippen LogP contribution in [0.3, 0.4) is 0 Å². The SMILES string of the molecule is CCN(C(=O)C=Cc1ccccc1)[C@@H](Cc1cnc[nH]1)C(=O)O. The van der Waals surface area contributed by atoms with E-state index in [9.17, 15) is 14.7 Å². The van der Waals surface area contributed by atoms with Crippen molar-refractivity contribution in [3.63, 3.8) is 0 Å². The van der Waals surface area contributed by atoms with Crippen molar-refractivity contribution < 1.29 is 14.7 Å². The fraction of sp³-hybridized carbons (Fsp3) is 0.235. The molecular weight excluding hydrogens is 294 g/mol. The zero-order valence-electron chi connectivity index (χ0n) is 12.8. The van der Waals surface area contributed by atoms with Gasteiger partial charge in [0, 0.05) is 30.9 Å². The van der Waals surface area contributed by atoms with E-state index in [0.717, 1.165) is 5.56 Å². The lowest BCUT2D eigenvalue weighted by molar-refractivity contribution is -0.148. The van der Waals surface area contributed by atoms with E-state index in [-0.39, 0.29) is 12.3 Å². The van der Waals surface area contributed by atoms with Gasteiger partial charge in [0.2, 0.25) is 5.91 Å². The number of hydrogen-bond acceptors (Lipinski definition) is 3. The summed E-state index contributed by atoms with van der Waals surface area (Å²) in [6, 6.07) is 8.45. The van der Waals surface area contributed by atoms with Gasteiger partial charge >= 0.3 is 5.97 Å². The lowest BCUT2D eigenvalue weighted by Crippen LogP contribution is -2.45. The van der Waals surface area contributed by atoms with Crippen molar-refractivity contribution in [2.24, 2.45) is 0 Å². The van der Waals surface area contributed by atoms with Gasteiger partial charge in [-0.05, 0) is 18.6 Å². The van der Waals surface area contributed by atoms with Crippen LogP contribution in [0.5, 0.6) is 0 Å². The number of hydrogen-bond donors (Lipinski definition) is 2. The molecule has 1 heterocycles. The van der Waals surface area contributed by atoms with Gasteiger partial charge in [-0.2, -0.15) is 0 Å². The van der Waals surface area contributed by atoms with Gasteiger partial charge in [0.15, 0.2) is 0 Å². The molecule has 0 spiro atoms. The first-order valence-corrected chi connectivity index (χ1v) is 7.35. The van der Waals surface area contributed by atoms with Gasteiger partial charge < -0.3 is 15.0 Å². The third kappa shape index (κ3) is 4.54. The summed E-state index contributed by atoms with van der Waals surface area (Å²) in [6.45, 7) is 2.07. The summed E-state index contributed by atoms with van der Waals surface area (Å²) in [4.78, 5) is 32.0. The Bertz CT molecular complexity index is 666. The Morgan fingerprint density at radius 3 is 2.65 bits per heavy atom. The summed E-state index contributed by atoms with van der Waals surface area (Å²) in [5.74, 6) is -1.37. The van der Waals surface area contributed by atoms with Gasteiger partial charge in [-0.1, -0.05) is 30.3 Å². The molecular formula is C17H19N3O3. The number of rotatable bonds is 7. The minimum Gasteiger partial charge on any atom is -0.480 e. The van der Waals surface area contributed by atoms with E-state index in [1.807, 2.05) is 30.3 Å². The summed E-state index contributed by atoms with van der Waals surface area (Å²) >= 11 is 0. The van der Waals surface area contributed by atoms with E-state index >= 15 is 0 Å². The van der Waals surface area contributed by atoms with Crippen molar-refractivity contribution in [3.05, 3.63) is 60.2 Å². The fourth-order valence-corrected chi connectivity index (χ4v) is 2.29. The van der Waals surface area contributed by atoms with E-state index in [1.165, 1.54) is 17.3 Å². The number of imidazole rings is 1. The summed E-state index contributed by atoms with van der Waals surface area (Å²) in [6.07, 6.45) is 6.33. The van der Waals surface area contributed by atoms with E-state index in [0.29, 0.717) is 12.2 Å². The van der Waals surface area contributed by atoms with Crippen molar-refractivity contribution in [2.45, 2.75) is 19.4 Å². The van der Waals surface area contributed by atoms with E-state index in [2.05, 4.69) is 9.97 Å². The number of likely N-dealkylation sites (N-methyl/N-ethyl adjacent to an activating group) is 1. The molecule has 0 saturated carbocycles. The van der Waals surface area contributed by atoms with Crippen molar-refractivity contribution in [1.29, 1.82) is 0 Å². The number of nitrogens with one attached hydrogen (secondary N) is 1. The average Bonchev–Trinajstić information content (AvgIpc) is 3.06. The lowest BCUT2D eigenvalue weighted by Gasteiger charge is -2.26. The first kappa shape index (κ1) is 16.5. The molecule has 23 heavy (non-hydrogen) atoms. The molecule has 2 N–H and O–H groups in total. The second kappa shape index (κ2) is 7.93. The summed E-state index contributed by atoms with van der Waals surface area (Å²) in [5.41, 5.74) is 1.56. The first-order valence-electron chi connectivity index (χ1n) is 7.35. The molecule has 0 radical (unpaired) electrons. The quantitative estimate of drug-likeness (QED) is 0.765. The van der Waals surface area contributed by atoms with Crippen molar-refractivity contribution in [2.75, 3.05) is 6.54 Å². The molecule has 2 rings (SSSR count). The molecule has 0 saturated heterocycles. The van der Waals surface area contributed by atoms with E-state index < -0.39 is 12.0 Å². The first-order chi connectivity index (χ1) is 11.1. The Hall–Kier alpha value is -2.89. The van der Waals surface area contributed by atoms with E-state index in [1.54, 1.807) is 19.2 Å². The monoisotopic (exact) mass is 313 g/mol. The highest BCUT2D eigenvalue weighted by Gasteiger charge is 2.28. The highest BCUT2D eigenvalue weighted by Crippen LogP contribution is 2.10. The maximum absolute atomic E-state index is 12.4. The van der Waals surface area contributed by atoms with Crippen LogP contribution in [-0.2, 0) is 16.0 Å². The van der Waals surface area contributed by atoms with Crippen LogP contribution in [0.2, 0.25) is 0 Å². The number of carboxylic acid groups (broad SMARTS) is 1.